The van der Waals surface area contributed by atoms with Crippen molar-refractivity contribution in [1.29, 1.82) is 0 Å². The van der Waals surface area contributed by atoms with Crippen molar-refractivity contribution in [2.45, 2.75) is 44.7 Å². The van der Waals surface area contributed by atoms with Crippen LogP contribution in [0.3, 0.4) is 0 Å². The highest BCUT2D eigenvalue weighted by Gasteiger charge is 2.34. The number of hydrogen-bond donors (Lipinski definition) is 1. The lowest BCUT2D eigenvalue weighted by Crippen LogP contribution is -2.53. The van der Waals surface area contributed by atoms with E-state index in [1.807, 2.05) is 87.5 Å². The second-order valence-electron chi connectivity index (χ2n) is 10.2. The molecule has 0 aliphatic rings. The fourth-order valence-electron chi connectivity index (χ4n) is 4.76. The first-order valence-electron chi connectivity index (χ1n) is 14.0. The van der Waals surface area contributed by atoms with E-state index in [0.29, 0.717) is 12.2 Å². The summed E-state index contributed by atoms with van der Waals surface area (Å²) in [5, 5.41) is 2.88. The number of hydrogen-bond acceptors (Lipinski definition) is 4. The number of nitrogens with zero attached hydrogens (tertiary/aromatic N) is 2. The van der Waals surface area contributed by atoms with Crippen LogP contribution in [-0.2, 0) is 32.6 Å². The Morgan fingerprint density at radius 2 is 1.33 bits per heavy atom. The van der Waals surface area contributed by atoms with Gasteiger partial charge < -0.3 is 10.2 Å². The predicted molar refractivity (Wildman–Crippen MR) is 166 cm³/mol. The Morgan fingerprint density at radius 3 is 1.90 bits per heavy atom. The largest absolute Gasteiger partial charge is 0.355 e. The lowest BCUT2D eigenvalue weighted by Gasteiger charge is -2.34. The van der Waals surface area contributed by atoms with Crippen molar-refractivity contribution >= 4 is 27.5 Å². The Bertz CT molecular complexity index is 1590. The van der Waals surface area contributed by atoms with E-state index in [2.05, 4.69) is 5.32 Å². The summed E-state index contributed by atoms with van der Waals surface area (Å²) in [6.45, 7) is 5.74. The third-order valence-electron chi connectivity index (χ3n) is 7.21. The van der Waals surface area contributed by atoms with Crippen molar-refractivity contribution < 1.29 is 18.0 Å². The number of nitrogens with one attached hydrogen (secondary N) is 1. The van der Waals surface area contributed by atoms with Gasteiger partial charge >= 0.3 is 0 Å². The summed E-state index contributed by atoms with van der Waals surface area (Å²) in [6, 6.07) is 31.5. The Hall–Kier alpha value is -4.43. The first kappa shape index (κ1) is 30.5. The minimum Gasteiger partial charge on any atom is -0.355 e. The summed E-state index contributed by atoms with van der Waals surface area (Å²) in [5.74, 6) is -0.780. The maximum absolute atomic E-state index is 14.3. The number of amides is 2. The summed E-state index contributed by atoms with van der Waals surface area (Å²) < 4.78 is 29.2. The second-order valence-corrected chi connectivity index (χ2v) is 12.1. The summed E-state index contributed by atoms with van der Waals surface area (Å²) in [7, 11) is -4.11. The fourth-order valence-corrected chi connectivity index (χ4v) is 6.18. The van der Waals surface area contributed by atoms with Gasteiger partial charge in [-0.25, -0.2) is 8.42 Å². The molecule has 2 amide bonds. The zero-order valence-electron chi connectivity index (χ0n) is 24.2. The van der Waals surface area contributed by atoms with Gasteiger partial charge in [0.2, 0.25) is 11.8 Å². The molecule has 4 aromatic rings. The number of carbonyl (C=O) groups is 2. The SMILES string of the molecule is CCNC(=O)[C@@H](Cc1ccccc1)N(Cc1ccccc1)C(=O)CN(c1ccc(C)c(C)c1)S(=O)(=O)c1ccccc1. The van der Waals surface area contributed by atoms with Gasteiger partial charge in [0, 0.05) is 19.5 Å². The normalized spacial score (nSPS) is 11.9. The molecule has 0 bridgehead atoms. The van der Waals surface area contributed by atoms with E-state index < -0.39 is 28.5 Å². The lowest BCUT2D eigenvalue weighted by atomic mass is 10.0. The molecule has 0 unspecified atom stereocenters. The molecule has 0 aliphatic carbocycles. The van der Waals surface area contributed by atoms with Crippen LogP contribution in [0.25, 0.3) is 0 Å². The summed E-state index contributed by atoms with van der Waals surface area (Å²) in [4.78, 5) is 29.4. The smallest absolute Gasteiger partial charge is 0.264 e. The Labute approximate surface area is 248 Å². The molecule has 0 aliphatic heterocycles. The first-order chi connectivity index (χ1) is 20.2. The predicted octanol–water partition coefficient (Wildman–Crippen LogP) is 5.27. The molecule has 0 saturated carbocycles. The molecule has 0 aromatic heterocycles. The molecule has 0 heterocycles. The van der Waals surface area contributed by atoms with Gasteiger partial charge in [-0.05, 0) is 67.3 Å². The molecule has 7 nitrogen and oxygen atoms in total. The number of rotatable bonds is 12. The molecular weight excluding hydrogens is 546 g/mol. The molecule has 1 N–H and O–H groups in total. The van der Waals surface area contributed by atoms with E-state index >= 15 is 0 Å². The van der Waals surface area contributed by atoms with Crippen molar-refractivity contribution in [3.8, 4) is 0 Å². The van der Waals surface area contributed by atoms with Gasteiger partial charge in [0.25, 0.3) is 10.0 Å². The van der Waals surface area contributed by atoms with Crippen LogP contribution in [-0.4, -0.2) is 44.3 Å². The van der Waals surface area contributed by atoms with Gasteiger partial charge in [-0.3, -0.25) is 13.9 Å². The third kappa shape index (κ3) is 7.44. The van der Waals surface area contributed by atoms with Crippen molar-refractivity contribution in [3.63, 3.8) is 0 Å². The first-order valence-corrected chi connectivity index (χ1v) is 15.4. The Morgan fingerprint density at radius 1 is 0.762 bits per heavy atom. The molecule has 4 rings (SSSR count). The lowest BCUT2D eigenvalue weighted by molar-refractivity contribution is -0.140. The van der Waals surface area contributed by atoms with Crippen molar-refractivity contribution in [2.24, 2.45) is 0 Å². The second kappa shape index (κ2) is 14.0. The number of carbonyl (C=O) groups excluding carboxylic acids is 2. The highest BCUT2D eigenvalue weighted by Crippen LogP contribution is 2.27. The molecule has 1 atom stereocenters. The minimum absolute atomic E-state index is 0.0789. The number of sulfonamides is 1. The van der Waals surface area contributed by atoms with Crippen LogP contribution in [0.5, 0.6) is 0 Å². The van der Waals surface area contributed by atoms with Crippen LogP contribution in [0.4, 0.5) is 5.69 Å². The van der Waals surface area contributed by atoms with Crippen LogP contribution in [0, 0.1) is 13.8 Å². The molecule has 0 saturated heterocycles. The standard InChI is InChI=1S/C34H37N3O4S/c1-4-35-34(39)32(23-28-14-8-5-9-15-28)36(24-29-16-10-6-11-17-29)33(38)25-37(30-21-20-26(2)27(3)22-30)42(40,41)31-18-12-7-13-19-31/h5-22,32H,4,23-25H2,1-3H3,(H,35,39)/t32-/m1/s1. The van der Waals surface area contributed by atoms with Crippen molar-refractivity contribution in [1.82, 2.24) is 10.2 Å². The van der Waals surface area contributed by atoms with E-state index in [1.165, 1.54) is 17.0 Å². The molecule has 218 valence electrons. The van der Waals surface area contributed by atoms with E-state index in [4.69, 9.17) is 0 Å². The molecule has 0 radical (unpaired) electrons. The number of likely N-dealkylation sites (N-methyl/N-ethyl adjacent to an activating group) is 1. The van der Waals surface area contributed by atoms with E-state index in [1.54, 1.807) is 30.3 Å². The molecule has 4 aromatic carbocycles. The van der Waals surface area contributed by atoms with Crippen LogP contribution >= 0.6 is 0 Å². The van der Waals surface area contributed by atoms with Gasteiger partial charge in [-0.15, -0.1) is 0 Å². The van der Waals surface area contributed by atoms with Crippen LogP contribution in [0.2, 0.25) is 0 Å². The molecule has 8 heteroatoms. The average Bonchev–Trinajstić information content (AvgIpc) is 3.00. The molecular formula is C34H37N3O4S. The Kier molecular flexibility index (Phi) is 10.1. The van der Waals surface area contributed by atoms with Crippen LogP contribution in [0.1, 0.15) is 29.2 Å². The van der Waals surface area contributed by atoms with Crippen LogP contribution in [0.15, 0.2) is 114 Å². The zero-order chi connectivity index (χ0) is 30.1. The van der Waals surface area contributed by atoms with Gasteiger partial charge in [0.05, 0.1) is 10.6 Å². The maximum Gasteiger partial charge on any atom is 0.264 e. The van der Waals surface area contributed by atoms with Gasteiger partial charge in [-0.2, -0.15) is 0 Å². The minimum atomic E-state index is -4.11. The molecule has 0 spiro atoms. The van der Waals surface area contributed by atoms with Gasteiger partial charge in [0.15, 0.2) is 0 Å². The van der Waals surface area contributed by atoms with E-state index in [-0.39, 0.29) is 23.8 Å². The Balaban J connectivity index is 1.79. The highest BCUT2D eigenvalue weighted by molar-refractivity contribution is 7.92. The topological polar surface area (TPSA) is 86.8 Å². The highest BCUT2D eigenvalue weighted by atomic mass is 32.2. The third-order valence-corrected chi connectivity index (χ3v) is 8.99. The number of benzene rings is 4. The molecule has 42 heavy (non-hydrogen) atoms. The van der Waals surface area contributed by atoms with Crippen molar-refractivity contribution in [3.05, 3.63) is 131 Å². The summed E-state index contributed by atoms with van der Waals surface area (Å²) in [6.07, 6.45) is 0.278. The molecule has 0 fully saturated rings. The van der Waals surface area contributed by atoms with Gasteiger partial charge in [-0.1, -0.05) is 84.9 Å². The average molecular weight is 584 g/mol. The summed E-state index contributed by atoms with van der Waals surface area (Å²) >= 11 is 0. The zero-order valence-corrected chi connectivity index (χ0v) is 25.1. The maximum atomic E-state index is 14.3. The fraction of sp³-hybridized carbons (Fsp3) is 0.235. The quantitative estimate of drug-likeness (QED) is 0.246. The summed E-state index contributed by atoms with van der Waals surface area (Å²) in [5.41, 5.74) is 4.01. The van der Waals surface area contributed by atoms with Crippen LogP contribution < -0.4 is 9.62 Å². The monoisotopic (exact) mass is 583 g/mol. The van der Waals surface area contributed by atoms with Crippen molar-refractivity contribution in [2.75, 3.05) is 17.4 Å². The van der Waals surface area contributed by atoms with E-state index in [0.717, 1.165) is 26.6 Å². The number of aryl methyl sites for hydroxylation is 2. The number of anilines is 1. The van der Waals surface area contributed by atoms with E-state index in [9.17, 15) is 18.0 Å². The van der Waals surface area contributed by atoms with Gasteiger partial charge in [0.1, 0.15) is 12.6 Å².